The van der Waals surface area contributed by atoms with E-state index in [1.807, 2.05) is 30.3 Å². The van der Waals surface area contributed by atoms with E-state index in [0.717, 1.165) is 10.5 Å². The van der Waals surface area contributed by atoms with E-state index >= 15 is 0 Å². The van der Waals surface area contributed by atoms with Gasteiger partial charge in [0, 0.05) is 28.6 Å². The largest absolute Gasteiger partial charge is 0.493 e. The van der Waals surface area contributed by atoms with Crippen molar-refractivity contribution in [3.8, 4) is 17.0 Å². The summed E-state index contributed by atoms with van der Waals surface area (Å²) < 4.78 is 11.0. The number of nitrogens with zero attached hydrogens (tertiary/aromatic N) is 2. The first-order valence-corrected chi connectivity index (χ1v) is 9.52. The number of aromatic nitrogens is 1. The summed E-state index contributed by atoms with van der Waals surface area (Å²) >= 11 is 5.92. The highest BCUT2D eigenvalue weighted by Crippen LogP contribution is 2.41. The second-order valence-electron chi connectivity index (χ2n) is 7.01. The minimum absolute atomic E-state index is 0.00394. The summed E-state index contributed by atoms with van der Waals surface area (Å²) in [6, 6.07) is 15.7. The third-order valence-electron chi connectivity index (χ3n) is 5.27. The van der Waals surface area contributed by atoms with Crippen LogP contribution in [-0.2, 0) is 16.9 Å². The molecule has 1 unspecified atom stereocenters. The summed E-state index contributed by atoms with van der Waals surface area (Å²) in [5.74, 6) is 0.706. The van der Waals surface area contributed by atoms with Gasteiger partial charge in [-0.15, -0.1) is 0 Å². The predicted octanol–water partition coefficient (Wildman–Crippen LogP) is 3.72. The standard InChI is InChI=1S/C21H16ClN3O4/c22-14-7-5-13(6-8-14)17-11-15(29-24-17)12-25-19(26)21(23-20(25)27)9-10-28-18-4-2-1-3-16(18)21/h1-8,11H,9-10,12H2,(H,23,27). The Morgan fingerprint density at radius 3 is 2.76 bits per heavy atom. The molecule has 0 bridgehead atoms. The lowest BCUT2D eigenvalue weighted by Crippen LogP contribution is -2.47. The smallest absolute Gasteiger partial charge is 0.325 e. The number of rotatable bonds is 3. The summed E-state index contributed by atoms with van der Waals surface area (Å²) in [5, 5.41) is 7.54. The maximum absolute atomic E-state index is 13.3. The first kappa shape index (κ1) is 17.8. The van der Waals surface area contributed by atoms with Crippen molar-refractivity contribution in [1.82, 2.24) is 15.4 Å². The van der Waals surface area contributed by atoms with Crippen molar-refractivity contribution in [3.05, 3.63) is 70.9 Å². The molecule has 3 heterocycles. The van der Waals surface area contributed by atoms with E-state index in [1.165, 1.54) is 0 Å². The molecule has 0 saturated carbocycles. The highest BCUT2D eigenvalue weighted by atomic mass is 35.5. The van der Waals surface area contributed by atoms with Crippen LogP contribution in [-0.4, -0.2) is 28.6 Å². The summed E-state index contributed by atoms with van der Waals surface area (Å²) in [5.41, 5.74) is 1.00. The van der Waals surface area contributed by atoms with Gasteiger partial charge in [0.25, 0.3) is 5.91 Å². The molecule has 1 atom stereocenters. The van der Waals surface area contributed by atoms with Crippen LogP contribution in [0.4, 0.5) is 4.79 Å². The number of hydrogen-bond acceptors (Lipinski definition) is 5. The van der Waals surface area contributed by atoms with Gasteiger partial charge >= 0.3 is 6.03 Å². The van der Waals surface area contributed by atoms with E-state index < -0.39 is 11.6 Å². The van der Waals surface area contributed by atoms with Crippen LogP contribution in [0.15, 0.2) is 59.1 Å². The SMILES string of the molecule is O=C1NC2(CCOc3ccccc32)C(=O)N1Cc1cc(-c2ccc(Cl)cc2)no1. The van der Waals surface area contributed by atoms with E-state index in [0.29, 0.717) is 40.8 Å². The molecule has 1 saturated heterocycles. The molecule has 0 radical (unpaired) electrons. The van der Waals surface area contributed by atoms with Crippen LogP contribution in [0.5, 0.6) is 5.75 Å². The molecule has 7 nitrogen and oxygen atoms in total. The maximum atomic E-state index is 13.3. The summed E-state index contributed by atoms with van der Waals surface area (Å²) in [4.78, 5) is 27.1. The number of benzene rings is 2. The third-order valence-corrected chi connectivity index (χ3v) is 5.52. The number of urea groups is 1. The van der Waals surface area contributed by atoms with Crippen molar-refractivity contribution in [2.75, 3.05) is 6.61 Å². The summed E-state index contributed by atoms with van der Waals surface area (Å²) in [6.07, 6.45) is 0.373. The number of amides is 3. The third kappa shape index (κ3) is 2.86. The first-order chi connectivity index (χ1) is 14.1. The molecule has 5 rings (SSSR count). The number of imide groups is 1. The normalized spacial score (nSPS) is 20.5. The number of carbonyl (C=O) groups is 2. The van der Waals surface area contributed by atoms with Crippen molar-refractivity contribution in [2.45, 2.75) is 18.5 Å². The minimum atomic E-state index is -1.11. The summed E-state index contributed by atoms with van der Waals surface area (Å²) in [7, 11) is 0. The molecule has 3 aromatic rings. The van der Waals surface area contributed by atoms with Crippen LogP contribution < -0.4 is 10.1 Å². The number of ether oxygens (including phenoxy) is 1. The lowest BCUT2D eigenvalue weighted by molar-refractivity contribution is -0.133. The van der Waals surface area contributed by atoms with Crippen LogP contribution in [0.3, 0.4) is 0 Å². The lowest BCUT2D eigenvalue weighted by Gasteiger charge is -2.33. The average Bonchev–Trinajstić information content (AvgIpc) is 3.29. The van der Waals surface area contributed by atoms with Gasteiger partial charge < -0.3 is 14.6 Å². The van der Waals surface area contributed by atoms with Gasteiger partial charge in [-0.1, -0.05) is 47.1 Å². The van der Waals surface area contributed by atoms with Gasteiger partial charge in [-0.3, -0.25) is 9.69 Å². The first-order valence-electron chi connectivity index (χ1n) is 9.15. The Kier molecular flexibility index (Phi) is 4.06. The molecule has 1 fully saturated rings. The second kappa shape index (κ2) is 6.63. The van der Waals surface area contributed by atoms with Crippen LogP contribution in [0.1, 0.15) is 17.7 Å². The summed E-state index contributed by atoms with van der Waals surface area (Å²) in [6.45, 7) is 0.343. The molecule has 146 valence electrons. The van der Waals surface area contributed by atoms with Crippen LogP contribution in [0.25, 0.3) is 11.3 Å². The molecule has 2 aliphatic rings. The zero-order chi connectivity index (χ0) is 20.0. The molecule has 1 N–H and O–H groups in total. The van der Waals surface area contributed by atoms with Gasteiger partial charge in [0.2, 0.25) is 0 Å². The van der Waals surface area contributed by atoms with Gasteiger partial charge in [-0.05, 0) is 18.2 Å². The van der Waals surface area contributed by atoms with Crippen LogP contribution >= 0.6 is 11.6 Å². The van der Waals surface area contributed by atoms with Crippen molar-refractivity contribution in [3.63, 3.8) is 0 Å². The van der Waals surface area contributed by atoms with Gasteiger partial charge in [-0.2, -0.15) is 0 Å². The Bertz CT molecular complexity index is 1110. The van der Waals surface area contributed by atoms with Crippen molar-refractivity contribution >= 4 is 23.5 Å². The molecular formula is C21H16ClN3O4. The lowest BCUT2D eigenvalue weighted by atomic mass is 9.84. The van der Waals surface area contributed by atoms with Gasteiger partial charge in [0.15, 0.2) is 11.3 Å². The average molecular weight is 410 g/mol. The predicted molar refractivity (Wildman–Crippen MR) is 104 cm³/mol. The van der Waals surface area contributed by atoms with Gasteiger partial charge in [0.05, 0.1) is 13.2 Å². The molecule has 2 aliphatic heterocycles. The molecule has 1 spiro atoms. The highest BCUT2D eigenvalue weighted by Gasteiger charge is 2.54. The molecule has 2 aromatic carbocycles. The van der Waals surface area contributed by atoms with E-state index in [1.54, 1.807) is 24.3 Å². The monoisotopic (exact) mass is 409 g/mol. The van der Waals surface area contributed by atoms with E-state index in [2.05, 4.69) is 10.5 Å². The topological polar surface area (TPSA) is 84.7 Å². The highest BCUT2D eigenvalue weighted by molar-refractivity contribution is 6.30. The fourth-order valence-electron chi connectivity index (χ4n) is 3.82. The minimum Gasteiger partial charge on any atom is -0.493 e. The Balaban J connectivity index is 1.42. The van der Waals surface area contributed by atoms with E-state index in [9.17, 15) is 9.59 Å². The van der Waals surface area contributed by atoms with E-state index in [4.69, 9.17) is 20.9 Å². The number of carbonyl (C=O) groups excluding carboxylic acids is 2. The Morgan fingerprint density at radius 2 is 1.93 bits per heavy atom. The van der Waals surface area contributed by atoms with Crippen molar-refractivity contribution < 1.29 is 18.8 Å². The number of nitrogens with one attached hydrogen (secondary N) is 1. The Hall–Kier alpha value is -3.32. The quantitative estimate of drug-likeness (QED) is 0.666. The van der Waals surface area contributed by atoms with Gasteiger partial charge in [0.1, 0.15) is 11.4 Å². The fraction of sp³-hybridized carbons (Fsp3) is 0.190. The molecule has 29 heavy (non-hydrogen) atoms. The number of halogens is 1. The van der Waals surface area contributed by atoms with E-state index in [-0.39, 0.29) is 12.5 Å². The van der Waals surface area contributed by atoms with Crippen LogP contribution in [0.2, 0.25) is 5.02 Å². The molecular weight excluding hydrogens is 394 g/mol. The number of hydrogen-bond donors (Lipinski definition) is 1. The maximum Gasteiger partial charge on any atom is 0.325 e. The Morgan fingerprint density at radius 1 is 1.14 bits per heavy atom. The number of para-hydroxylation sites is 1. The number of fused-ring (bicyclic) bond motifs is 2. The Labute approximate surface area is 171 Å². The van der Waals surface area contributed by atoms with Crippen LogP contribution in [0, 0.1) is 0 Å². The zero-order valence-corrected chi connectivity index (χ0v) is 16.0. The molecule has 1 aromatic heterocycles. The molecule has 0 aliphatic carbocycles. The second-order valence-corrected chi connectivity index (χ2v) is 7.44. The van der Waals surface area contributed by atoms with Crippen molar-refractivity contribution in [2.24, 2.45) is 0 Å². The van der Waals surface area contributed by atoms with Crippen molar-refractivity contribution in [1.29, 1.82) is 0 Å². The fourth-order valence-corrected chi connectivity index (χ4v) is 3.94. The molecule has 8 heteroatoms. The molecule has 3 amide bonds. The zero-order valence-electron chi connectivity index (χ0n) is 15.2. The van der Waals surface area contributed by atoms with Gasteiger partial charge in [-0.25, -0.2) is 4.79 Å².